The number of hydrogen-bond donors (Lipinski definition) is 1. The Balaban J connectivity index is 1.64. The quantitative estimate of drug-likeness (QED) is 0.838. The zero-order valence-electron chi connectivity index (χ0n) is 14.0. The van der Waals surface area contributed by atoms with Crippen LogP contribution in [0, 0.1) is 0 Å². The predicted octanol–water partition coefficient (Wildman–Crippen LogP) is 3.25. The van der Waals surface area contributed by atoms with Gasteiger partial charge >= 0.3 is 0 Å². The van der Waals surface area contributed by atoms with Crippen LogP contribution in [0.25, 0.3) is 0 Å². The van der Waals surface area contributed by atoms with Crippen molar-refractivity contribution in [1.29, 1.82) is 0 Å². The lowest BCUT2D eigenvalue weighted by molar-refractivity contribution is -0.120. The maximum Gasteiger partial charge on any atom is 0.224 e. The minimum absolute atomic E-state index is 0.0890. The highest BCUT2D eigenvalue weighted by molar-refractivity contribution is 7.07. The Morgan fingerprint density at radius 3 is 2.62 bits per heavy atom. The minimum atomic E-state index is 0.0890. The first-order chi connectivity index (χ1) is 11.8. The van der Waals surface area contributed by atoms with Crippen LogP contribution in [0.5, 0.6) is 5.75 Å². The molecular weight excluding hydrogens is 320 g/mol. The molecule has 0 spiro atoms. The largest absolute Gasteiger partial charge is 0.497 e. The Bertz CT molecular complexity index is 634. The van der Waals surface area contributed by atoms with Crippen LogP contribution in [-0.4, -0.2) is 37.6 Å². The monoisotopic (exact) mass is 344 g/mol. The third-order valence-electron chi connectivity index (χ3n) is 4.52. The highest BCUT2D eigenvalue weighted by Gasteiger charge is 2.24. The molecule has 2 aromatic rings. The van der Waals surface area contributed by atoms with Gasteiger partial charge in [-0.1, -0.05) is 12.1 Å². The maximum absolute atomic E-state index is 12.2. The lowest BCUT2D eigenvalue weighted by Crippen LogP contribution is -2.37. The molecule has 1 aliphatic rings. The molecule has 0 saturated carbocycles. The molecule has 128 valence electrons. The second-order valence-electron chi connectivity index (χ2n) is 6.14. The van der Waals surface area contributed by atoms with E-state index >= 15 is 0 Å². The Labute approximate surface area is 147 Å². The van der Waals surface area contributed by atoms with Crippen LogP contribution in [0.4, 0.5) is 0 Å². The molecule has 1 fully saturated rings. The lowest BCUT2D eigenvalue weighted by atomic mass is 10.0. The third kappa shape index (κ3) is 4.36. The first-order valence-corrected chi connectivity index (χ1v) is 9.36. The lowest BCUT2D eigenvalue weighted by Gasteiger charge is -2.28. The fourth-order valence-electron chi connectivity index (χ4n) is 3.19. The fraction of sp³-hybridized carbons (Fsp3) is 0.421. The molecule has 1 atom stereocenters. The molecule has 0 radical (unpaired) electrons. The summed E-state index contributed by atoms with van der Waals surface area (Å²) in [5.41, 5.74) is 2.31. The van der Waals surface area contributed by atoms with E-state index in [0.717, 1.165) is 24.4 Å². The zero-order chi connectivity index (χ0) is 16.8. The van der Waals surface area contributed by atoms with Gasteiger partial charge < -0.3 is 10.1 Å². The summed E-state index contributed by atoms with van der Waals surface area (Å²) in [6.45, 7) is 2.84. The number of benzene rings is 1. The van der Waals surface area contributed by atoms with E-state index in [2.05, 4.69) is 22.3 Å². The van der Waals surface area contributed by atoms with E-state index in [9.17, 15) is 4.79 Å². The van der Waals surface area contributed by atoms with Crippen molar-refractivity contribution in [1.82, 2.24) is 10.2 Å². The van der Waals surface area contributed by atoms with Crippen LogP contribution in [0.15, 0.2) is 41.1 Å². The van der Waals surface area contributed by atoms with E-state index < -0.39 is 0 Å². The smallest absolute Gasteiger partial charge is 0.224 e. The van der Waals surface area contributed by atoms with Crippen LogP contribution >= 0.6 is 11.3 Å². The molecule has 2 heterocycles. The number of rotatable bonds is 7. The van der Waals surface area contributed by atoms with E-state index in [-0.39, 0.29) is 11.9 Å². The highest BCUT2D eigenvalue weighted by atomic mass is 32.1. The Hall–Kier alpha value is -1.85. The van der Waals surface area contributed by atoms with Crippen LogP contribution in [0.1, 0.15) is 30.0 Å². The second-order valence-corrected chi connectivity index (χ2v) is 6.92. The summed E-state index contributed by atoms with van der Waals surface area (Å²) in [5, 5.41) is 7.15. The molecule has 4 nitrogen and oxygen atoms in total. The van der Waals surface area contributed by atoms with Gasteiger partial charge in [-0.15, -0.1) is 0 Å². The number of carbonyl (C=O) groups is 1. The summed E-state index contributed by atoms with van der Waals surface area (Å²) in [5.74, 6) is 0.950. The average Bonchev–Trinajstić information content (AvgIpc) is 3.30. The van der Waals surface area contributed by atoms with Gasteiger partial charge in [-0.3, -0.25) is 9.69 Å². The van der Waals surface area contributed by atoms with Crippen molar-refractivity contribution in [3.63, 3.8) is 0 Å². The molecular formula is C19H24N2O2S. The molecule has 1 amide bonds. The average molecular weight is 344 g/mol. The van der Waals surface area contributed by atoms with Crippen molar-refractivity contribution < 1.29 is 9.53 Å². The van der Waals surface area contributed by atoms with E-state index in [4.69, 9.17) is 4.74 Å². The van der Waals surface area contributed by atoms with E-state index in [0.29, 0.717) is 13.0 Å². The van der Waals surface area contributed by atoms with Gasteiger partial charge in [0.1, 0.15) is 5.75 Å². The fourth-order valence-corrected chi connectivity index (χ4v) is 3.86. The molecule has 3 rings (SSSR count). The summed E-state index contributed by atoms with van der Waals surface area (Å²) < 4.78 is 5.25. The molecule has 0 unspecified atom stereocenters. The SMILES string of the molecule is COc1ccc([C@H](CNC(=O)Cc2ccsc2)N2CCCC2)cc1. The van der Waals surface area contributed by atoms with Crippen molar-refractivity contribution in [2.45, 2.75) is 25.3 Å². The maximum atomic E-state index is 12.2. The number of hydrogen-bond acceptors (Lipinski definition) is 4. The Morgan fingerprint density at radius 1 is 1.25 bits per heavy atom. The normalized spacial score (nSPS) is 16.0. The third-order valence-corrected chi connectivity index (χ3v) is 5.25. The van der Waals surface area contributed by atoms with E-state index in [1.165, 1.54) is 18.4 Å². The molecule has 1 aromatic carbocycles. The van der Waals surface area contributed by atoms with Crippen LogP contribution in [-0.2, 0) is 11.2 Å². The van der Waals surface area contributed by atoms with Gasteiger partial charge in [-0.05, 0) is 66.0 Å². The first kappa shape index (κ1) is 17.0. The Morgan fingerprint density at radius 2 is 2.00 bits per heavy atom. The number of carbonyl (C=O) groups excluding carboxylic acids is 1. The van der Waals surface area contributed by atoms with Crippen molar-refractivity contribution in [3.8, 4) is 5.75 Å². The number of thiophene rings is 1. The molecule has 5 heteroatoms. The summed E-state index contributed by atoms with van der Waals surface area (Å²) in [4.78, 5) is 14.7. The van der Waals surface area contributed by atoms with Crippen LogP contribution in [0.3, 0.4) is 0 Å². The van der Waals surface area contributed by atoms with Gasteiger partial charge in [0.2, 0.25) is 5.91 Å². The van der Waals surface area contributed by atoms with Crippen molar-refractivity contribution >= 4 is 17.2 Å². The van der Waals surface area contributed by atoms with E-state index in [1.54, 1.807) is 18.4 Å². The summed E-state index contributed by atoms with van der Waals surface area (Å²) in [7, 11) is 1.68. The first-order valence-electron chi connectivity index (χ1n) is 8.42. The summed E-state index contributed by atoms with van der Waals surface area (Å²) in [6.07, 6.45) is 2.92. The predicted molar refractivity (Wildman–Crippen MR) is 97.6 cm³/mol. The number of methoxy groups -OCH3 is 1. The Kier molecular flexibility index (Phi) is 5.88. The molecule has 1 aliphatic heterocycles. The number of amides is 1. The number of nitrogens with one attached hydrogen (secondary N) is 1. The molecule has 0 bridgehead atoms. The van der Waals surface area contributed by atoms with Crippen LogP contribution in [0.2, 0.25) is 0 Å². The topological polar surface area (TPSA) is 41.6 Å². The van der Waals surface area contributed by atoms with Crippen molar-refractivity contribution in [3.05, 3.63) is 52.2 Å². The van der Waals surface area contributed by atoms with Crippen molar-refractivity contribution in [2.75, 3.05) is 26.7 Å². The molecule has 24 heavy (non-hydrogen) atoms. The number of likely N-dealkylation sites (tertiary alicyclic amines) is 1. The second kappa shape index (κ2) is 8.31. The van der Waals surface area contributed by atoms with E-state index in [1.807, 2.05) is 29.0 Å². The van der Waals surface area contributed by atoms with Crippen LogP contribution < -0.4 is 10.1 Å². The van der Waals surface area contributed by atoms with Gasteiger partial charge in [0.05, 0.1) is 19.6 Å². The molecule has 1 saturated heterocycles. The van der Waals surface area contributed by atoms with Crippen molar-refractivity contribution in [2.24, 2.45) is 0 Å². The zero-order valence-corrected chi connectivity index (χ0v) is 14.8. The molecule has 1 aromatic heterocycles. The minimum Gasteiger partial charge on any atom is -0.497 e. The molecule has 1 N–H and O–H groups in total. The van der Waals surface area contributed by atoms with Gasteiger partial charge in [-0.25, -0.2) is 0 Å². The standard InChI is InChI=1S/C19H24N2O2S/c1-23-17-6-4-16(5-7-17)18(21-9-2-3-10-21)13-20-19(22)12-15-8-11-24-14-15/h4-8,11,14,18H,2-3,9-10,12-13H2,1H3,(H,20,22)/t18-/m0/s1. The van der Waals surface area contributed by atoms with Gasteiger partial charge in [0.15, 0.2) is 0 Å². The summed E-state index contributed by atoms with van der Waals surface area (Å²) in [6, 6.07) is 10.4. The summed E-state index contributed by atoms with van der Waals surface area (Å²) >= 11 is 1.63. The highest BCUT2D eigenvalue weighted by Crippen LogP contribution is 2.26. The van der Waals surface area contributed by atoms with Gasteiger partial charge in [0, 0.05) is 6.54 Å². The van der Waals surface area contributed by atoms with Gasteiger partial charge in [0.25, 0.3) is 0 Å². The number of nitrogens with zero attached hydrogens (tertiary/aromatic N) is 1. The number of ether oxygens (including phenoxy) is 1. The molecule has 0 aliphatic carbocycles. The van der Waals surface area contributed by atoms with Gasteiger partial charge in [-0.2, -0.15) is 11.3 Å².